The Balaban J connectivity index is 2.10. The smallest absolute Gasteiger partial charge is 0.242 e. The van der Waals surface area contributed by atoms with Gasteiger partial charge in [-0.2, -0.15) is 0 Å². The second-order valence-corrected chi connectivity index (χ2v) is 8.22. The first-order chi connectivity index (χ1) is 10.4. The van der Waals surface area contributed by atoms with Gasteiger partial charge >= 0.3 is 0 Å². The highest BCUT2D eigenvalue weighted by atomic mass is 32.2. The molecule has 22 heavy (non-hydrogen) atoms. The molecule has 1 aromatic carbocycles. The summed E-state index contributed by atoms with van der Waals surface area (Å²) in [5.74, 6) is 0. The van der Waals surface area contributed by atoms with Gasteiger partial charge in [-0.05, 0) is 49.9 Å². The number of likely N-dealkylation sites (tertiary alicyclic amines) is 1. The molecule has 124 valence electrons. The highest BCUT2D eigenvalue weighted by Gasteiger charge is 2.24. The summed E-state index contributed by atoms with van der Waals surface area (Å²) in [7, 11) is -0.281. The van der Waals surface area contributed by atoms with E-state index in [1.54, 1.807) is 26.2 Å². The number of hydrogen-bond donors (Lipinski definition) is 1. The van der Waals surface area contributed by atoms with Crippen molar-refractivity contribution >= 4 is 10.0 Å². The van der Waals surface area contributed by atoms with Gasteiger partial charge in [0.25, 0.3) is 0 Å². The maximum Gasteiger partial charge on any atom is 0.242 e. The van der Waals surface area contributed by atoms with Crippen LogP contribution in [-0.4, -0.2) is 56.0 Å². The molecule has 0 amide bonds. The van der Waals surface area contributed by atoms with Crippen LogP contribution in [0.1, 0.15) is 31.2 Å². The number of hydrogen-bond acceptors (Lipinski definition) is 4. The van der Waals surface area contributed by atoms with E-state index < -0.39 is 10.0 Å². The molecule has 0 radical (unpaired) electrons. The molecular weight excluding hydrogens is 300 g/mol. The molecule has 0 aliphatic carbocycles. The van der Waals surface area contributed by atoms with Gasteiger partial charge in [-0.1, -0.05) is 12.1 Å². The summed E-state index contributed by atoms with van der Waals surface area (Å²) in [6.45, 7) is 2.05. The highest BCUT2D eigenvalue weighted by Crippen LogP contribution is 2.24. The van der Waals surface area contributed by atoms with Gasteiger partial charge in [-0.15, -0.1) is 0 Å². The zero-order valence-corrected chi connectivity index (χ0v) is 14.2. The Labute approximate surface area is 133 Å². The van der Waals surface area contributed by atoms with Crippen LogP contribution >= 0.6 is 0 Å². The molecule has 1 atom stereocenters. The summed E-state index contributed by atoms with van der Waals surface area (Å²) >= 11 is 0. The molecule has 1 aromatic rings. The van der Waals surface area contributed by atoms with E-state index in [2.05, 4.69) is 4.90 Å². The second kappa shape index (κ2) is 7.55. The fourth-order valence-corrected chi connectivity index (χ4v) is 3.98. The average Bonchev–Trinajstić information content (AvgIpc) is 2.92. The minimum Gasteiger partial charge on any atom is -0.396 e. The van der Waals surface area contributed by atoms with Gasteiger partial charge in [-0.25, -0.2) is 12.7 Å². The molecule has 5 nitrogen and oxygen atoms in total. The van der Waals surface area contributed by atoms with Crippen molar-refractivity contribution < 1.29 is 13.5 Å². The standard InChI is InChI=1S/C16H26N2O3S/c1-17(2)22(20,21)16-9-3-6-14(12-16)13-18-10-4-7-15(18)8-5-11-19/h3,6,9,12,15,19H,4-5,7-8,10-11,13H2,1-2H3. The fraction of sp³-hybridized carbons (Fsp3) is 0.625. The summed E-state index contributed by atoms with van der Waals surface area (Å²) < 4.78 is 25.7. The number of rotatable bonds is 7. The quantitative estimate of drug-likeness (QED) is 0.828. The number of aliphatic hydroxyl groups excluding tert-OH is 1. The lowest BCUT2D eigenvalue weighted by atomic mass is 10.1. The Morgan fingerprint density at radius 3 is 2.82 bits per heavy atom. The first-order valence-corrected chi connectivity index (χ1v) is 9.25. The Hall–Kier alpha value is -0.950. The minimum atomic E-state index is -3.38. The number of nitrogens with zero attached hydrogens (tertiary/aromatic N) is 2. The van der Waals surface area contributed by atoms with Crippen molar-refractivity contribution in [1.82, 2.24) is 9.21 Å². The summed E-state index contributed by atoms with van der Waals surface area (Å²) in [5.41, 5.74) is 1.03. The van der Waals surface area contributed by atoms with Crippen LogP contribution in [0.5, 0.6) is 0 Å². The molecule has 1 unspecified atom stereocenters. The van der Waals surface area contributed by atoms with Gasteiger partial charge in [0.1, 0.15) is 0 Å². The van der Waals surface area contributed by atoms with E-state index in [1.807, 2.05) is 12.1 Å². The molecule has 1 fully saturated rings. The predicted molar refractivity (Wildman–Crippen MR) is 87.1 cm³/mol. The molecule has 1 saturated heterocycles. The molecule has 1 aliphatic heterocycles. The third-order valence-electron chi connectivity index (χ3n) is 4.26. The first kappa shape index (κ1) is 17.4. The highest BCUT2D eigenvalue weighted by molar-refractivity contribution is 7.89. The van der Waals surface area contributed by atoms with E-state index in [4.69, 9.17) is 5.11 Å². The van der Waals surface area contributed by atoms with Crippen LogP contribution in [0.4, 0.5) is 0 Å². The third-order valence-corrected chi connectivity index (χ3v) is 6.07. The molecule has 2 rings (SSSR count). The lowest BCUT2D eigenvalue weighted by Gasteiger charge is -2.24. The van der Waals surface area contributed by atoms with Crippen LogP contribution < -0.4 is 0 Å². The Kier molecular flexibility index (Phi) is 5.97. The normalized spacial score (nSPS) is 19.9. The largest absolute Gasteiger partial charge is 0.396 e. The summed E-state index contributed by atoms with van der Waals surface area (Å²) in [5, 5.41) is 8.99. The van der Waals surface area contributed by atoms with Gasteiger partial charge in [0.2, 0.25) is 10.0 Å². The minimum absolute atomic E-state index is 0.237. The van der Waals surface area contributed by atoms with Crippen molar-refractivity contribution in [1.29, 1.82) is 0 Å². The molecule has 1 heterocycles. The van der Waals surface area contributed by atoms with Crippen molar-refractivity contribution in [3.05, 3.63) is 29.8 Å². The monoisotopic (exact) mass is 326 g/mol. The topological polar surface area (TPSA) is 60.9 Å². The van der Waals surface area contributed by atoms with Crippen LogP contribution in [0.15, 0.2) is 29.2 Å². The summed E-state index contributed by atoms with van der Waals surface area (Å²) in [6, 6.07) is 7.71. The Bertz CT molecular complexity index is 587. The van der Waals surface area contributed by atoms with Crippen LogP contribution in [0.3, 0.4) is 0 Å². The lowest BCUT2D eigenvalue weighted by Crippen LogP contribution is -2.29. The van der Waals surface area contributed by atoms with Crippen LogP contribution in [0.2, 0.25) is 0 Å². The van der Waals surface area contributed by atoms with Crippen LogP contribution in [-0.2, 0) is 16.6 Å². The summed E-state index contributed by atoms with van der Waals surface area (Å²) in [6.07, 6.45) is 4.17. The molecule has 6 heteroatoms. The molecule has 0 bridgehead atoms. The van der Waals surface area contributed by atoms with Crippen molar-refractivity contribution in [2.75, 3.05) is 27.2 Å². The zero-order valence-electron chi connectivity index (χ0n) is 13.4. The Morgan fingerprint density at radius 2 is 2.14 bits per heavy atom. The lowest BCUT2D eigenvalue weighted by molar-refractivity contribution is 0.210. The predicted octanol–water partition coefficient (Wildman–Crippen LogP) is 1.67. The van der Waals surface area contributed by atoms with Crippen molar-refractivity contribution in [2.24, 2.45) is 0 Å². The number of benzene rings is 1. The molecule has 0 saturated carbocycles. The van der Waals surface area contributed by atoms with E-state index in [9.17, 15) is 8.42 Å². The second-order valence-electron chi connectivity index (χ2n) is 6.07. The van der Waals surface area contributed by atoms with E-state index >= 15 is 0 Å². The molecular formula is C16H26N2O3S. The maximum atomic E-state index is 12.2. The van der Waals surface area contributed by atoms with Gasteiger partial charge in [0, 0.05) is 33.3 Å². The maximum absolute atomic E-state index is 12.2. The number of sulfonamides is 1. The van der Waals surface area contributed by atoms with E-state index in [0.29, 0.717) is 10.9 Å². The van der Waals surface area contributed by atoms with E-state index in [1.165, 1.54) is 10.7 Å². The van der Waals surface area contributed by atoms with Gasteiger partial charge < -0.3 is 5.11 Å². The molecule has 0 aromatic heterocycles. The first-order valence-electron chi connectivity index (χ1n) is 7.81. The molecule has 1 N–H and O–H groups in total. The van der Waals surface area contributed by atoms with Crippen molar-refractivity contribution in [2.45, 2.75) is 43.2 Å². The fourth-order valence-electron chi connectivity index (χ4n) is 3.01. The van der Waals surface area contributed by atoms with Gasteiger partial charge in [0.05, 0.1) is 4.90 Å². The van der Waals surface area contributed by atoms with Crippen LogP contribution in [0, 0.1) is 0 Å². The number of aliphatic hydroxyl groups is 1. The molecule has 1 aliphatic rings. The Morgan fingerprint density at radius 1 is 1.36 bits per heavy atom. The zero-order chi connectivity index (χ0) is 16.2. The van der Waals surface area contributed by atoms with Crippen LogP contribution in [0.25, 0.3) is 0 Å². The van der Waals surface area contributed by atoms with Gasteiger partial charge in [0.15, 0.2) is 0 Å². The van der Waals surface area contributed by atoms with Crippen molar-refractivity contribution in [3.8, 4) is 0 Å². The SMILES string of the molecule is CN(C)S(=O)(=O)c1cccc(CN2CCCC2CCCO)c1. The van der Waals surface area contributed by atoms with Gasteiger partial charge in [-0.3, -0.25) is 4.90 Å². The average molecular weight is 326 g/mol. The summed E-state index contributed by atoms with van der Waals surface area (Å²) in [4.78, 5) is 2.75. The van der Waals surface area contributed by atoms with E-state index in [0.717, 1.165) is 37.9 Å². The van der Waals surface area contributed by atoms with Crippen molar-refractivity contribution in [3.63, 3.8) is 0 Å². The molecule has 0 spiro atoms. The van der Waals surface area contributed by atoms with E-state index in [-0.39, 0.29) is 6.61 Å². The third kappa shape index (κ3) is 4.07.